The molecule has 0 aliphatic rings. The van der Waals surface area contributed by atoms with E-state index in [1.165, 1.54) is 11.8 Å². The third-order valence-corrected chi connectivity index (χ3v) is 6.74. The Morgan fingerprint density at radius 1 is 1.06 bits per heavy atom. The second-order valence-electron chi connectivity index (χ2n) is 8.64. The van der Waals surface area contributed by atoms with Gasteiger partial charge in [0.25, 0.3) is 5.91 Å². The molecule has 0 saturated carbocycles. The summed E-state index contributed by atoms with van der Waals surface area (Å²) in [4.78, 5) is 25.4. The SMILES string of the molecule is Cc1cccc(C)c1NC(=O)CSc1nnc([C@H](CC(C)C)NC(=O)c2ccccc2Cl)n1C. The van der Waals surface area contributed by atoms with Crippen molar-refractivity contribution in [2.24, 2.45) is 13.0 Å². The van der Waals surface area contributed by atoms with E-state index in [0.717, 1.165) is 16.8 Å². The zero-order chi connectivity index (χ0) is 24.8. The van der Waals surface area contributed by atoms with Crippen molar-refractivity contribution < 1.29 is 9.59 Å². The second-order valence-corrected chi connectivity index (χ2v) is 9.99. The maximum atomic E-state index is 12.9. The summed E-state index contributed by atoms with van der Waals surface area (Å²) in [6, 6.07) is 12.5. The molecule has 1 atom stereocenters. The highest BCUT2D eigenvalue weighted by Gasteiger charge is 2.24. The van der Waals surface area contributed by atoms with Crippen molar-refractivity contribution in [3.8, 4) is 0 Å². The van der Waals surface area contributed by atoms with Crippen LogP contribution >= 0.6 is 23.4 Å². The largest absolute Gasteiger partial charge is 0.342 e. The minimum atomic E-state index is -0.348. The molecule has 0 bridgehead atoms. The summed E-state index contributed by atoms with van der Waals surface area (Å²) in [6.07, 6.45) is 0.680. The van der Waals surface area contributed by atoms with Gasteiger partial charge in [0.05, 0.1) is 22.4 Å². The van der Waals surface area contributed by atoms with Crippen molar-refractivity contribution in [3.05, 3.63) is 70.0 Å². The third kappa shape index (κ3) is 6.39. The summed E-state index contributed by atoms with van der Waals surface area (Å²) in [5.41, 5.74) is 3.29. The summed E-state index contributed by atoms with van der Waals surface area (Å²) in [5, 5.41) is 15.7. The van der Waals surface area contributed by atoms with Crippen molar-refractivity contribution in [1.29, 1.82) is 0 Å². The van der Waals surface area contributed by atoms with Crippen molar-refractivity contribution in [2.75, 3.05) is 11.1 Å². The Kier molecular flexibility index (Phi) is 8.74. The highest BCUT2D eigenvalue weighted by atomic mass is 35.5. The molecule has 0 aliphatic heterocycles. The lowest BCUT2D eigenvalue weighted by molar-refractivity contribution is -0.113. The van der Waals surface area contributed by atoms with Crippen LogP contribution in [0.1, 0.15) is 53.6 Å². The fourth-order valence-electron chi connectivity index (χ4n) is 3.65. The van der Waals surface area contributed by atoms with E-state index in [-0.39, 0.29) is 23.6 Å². The molecule has 1 heterocycles. The number of halogens is 1. The lowest BCUT2D eigenvalue weighted by Gasteiger charge is -2.20. The summed E-state index contributed by atoms with van der Waals surface area (Å²) in [5.74, 6) is 0.763. The Hall–Kier alpha value is -2.84. The number of nitrogens with zero attached hydrogens (tertiary/aromatic N) is 3. The number of carbonyl (C=O) groups is 2. The molecule has 7 nitrogen and oxygen atoms in total. The van der Waals surface area contributed by atoms with E-state index in [4.69, 9.17) is 11.6 Å². The Bertz CT molecular complexity index is 1160. The lowest BCUT2D eigenvalue weighted by Crippen LogP contribution is -2.31. The number of rotatable bonds is 9. The Balaban J connectivity index is 1.71. The average Bonchev–Trinajstić information content (AvgIpc) is 3.14. The molecular formula is C25H30ClN5O2S. The fourth-order valence-corrected chi connectivity index (χ4v) is 4.59. The topological polar surface area (TPSA) is 88.9 Å². The van der Waals surface area contributed by atoms with Gasteiger partial charge in [-0.15, -0.1) is 10.2 Å². The van der Waals surface area contributed by atoms with E-state index in [0.29, 0.717) is 33.9 Å². The smallest absolute Gasteiger partial charge is 0.253 e. The molecule has 3 rings (SSSR count). The predicted molar refractivity (Wildman–Crippen MR) is 137 cm³/mol. The molecule has 34 heavy (non-hydrogen) atoms. The highest BCUT2D eigenvalue weighted by Crippen LogP contribution is 2.26. The third-order valence-electron chi connectivity index (χ3n) is 5.39. The van der Waals surface area contributed by atoms with E-state index in [1.807, 2.05) is 43.7 Å². The average molecular weight is 500 g/mol. The monoisotopic (exact) mass is 499 g/mol. The van der Waals surface area contributed by atoms with Gasteiger partial charge in [-0.05, 0) is 49.4 Å². The number of nitrogens with one attached hydrogen (secondary N) is 2. The van der Waals surface area contributed by atoms with Gasteiger partial charge in [-0.3, -0.25) is 9.59 Å². The fraction of sp³-hybridized carbons (Fsp3) is 0.360. The first-order valence-electron chi connectivity index (χ1n) is 11.1. The van der Waals surface area contributed by atoms with Crippen molar-refractivity contribution in [2.45, 2.75) is 45.3 Å². The van der Waals surface area contributed by atoms with Crippen LogP contribution < -0.4 is 10.6 Å². The van der Waals surface area contributed by atoms with Gasteiger partial charge in [0.15, 0.2) is 11.0 Å². The quantitative estimate of drug-likeness (QED) is 0.388. The highest BCUT2D eigenvalue weighted by molar-refractivity contribution is 7.99. The van der Waals surface area contributed by atoms with E-state index >= 15 is 0 Å². The molecule has 180 valence electrons. The van der Waals surface area contributed by atoms with Crippen LogP contribution in [0.15, 0.2) is 47.6 Å². The molecular weight excluding hydrogens is 470 g/mol. The van der Waals surface area contributed by atoms with Gasteiger partial charge in [0, 0.05) is 12.7 Å². The van der Waals surface area contributed by atoms with Gasteiger partial charge in [-0.1, -0.05) is 67.5 Å². The number of para-hydroxylation sites is 1. The predicted octanol–water partition coefficient (Wildman–Crippen LogP) is 5.33. The number of anilines is 1. The number of carbonyl (C=O) groups excluding carboxylic acids is 2. The van der Waals surface area contributed by atoms with Crippen LogP contribution in [0.25, 0.3) is 0 Å². The van der Waals surface area contributed by atoms with Crippen LogP contribution in [0, 0.1) is 19.8 Å². The van der Waals surface area contributed by atoms with Gasteiger partial charge in [0.2, 0.25) is 5.91 Å². The molecule has 3 aromatic rings. The molecule has 2 amide bonds. The maximum Gasteiger partial charge on any atom is 0.253 e. The van der Waals surface area contributed by atoms with Crippen LogP contribution in [0.5, 0.6) is 0 Å². The number of thioether (sulfide) groups is 1. The number of hydrogen-bond donors (Lipinski definition) is 2. The van der Waals surface area contributed by atoms with Crippen LogP contribution in [0.4, 0.5) is 5.69 Å². The minimum absolute atomic E-state index is 0.113. The number of aromatic nitrogens is 3. The molecule has 2 N–H and O–H groups in total. The first kappa shape index (κ1) is 25.8. The number of aryl methyl sites for hydroxylation is 2. The molecule has 0 fully saturated rings. The molecule has 0 saturated heterocycles. The summed E-state index contributed by atoms with van der Waals surface area (Å²) >= 11 is 7.51. The van der Waals surface area contributed by atoms with Gasteiger partial charge in [-0.2, -0.15) is 0 Å². The van der Waals surface area contributed by atoms with Crippen LogP contribution in [-0.2, 0) is 11.8 Å². The molecule has 9 heteroatoms. The number of amides is 2. The zero-order valence-electron chi connectivity index (χ0n) is 20.1. The van der Waals surface area contributed by atoms with E-state index in [9.17, 15) is 9.59 Å². The zero-order valence-corrected chi connectivity index (χ0v) is 21.6. The van der Waals surface area contributed by atoms with Crippen LogP contribution in [0.2, 0.25) is 5.02 Å². The van der Waals surface area contributed by atoms with Gasteiger partial charge in [0.1, 0.15) is 0 Å². The van der Waals surface area contributed by atoms with Crippen molar-refractivity contribution >= 4 is 40.9 Å². The molecule has 0 spiro atoms. The molecule has 0 unspecified atom stereocenters. The van der Waals surface area contributed by atoms with Crippen LogP contribution in [0.3, 0.4) is 0 Å². The maximum absolute atomic E-state index is 12.9. The van der Waals surface area contributed by atoms with E-state index < -0.39 is 0 Å². The molecule has 0 aliphatic carbocycles. The molecule has 2 aromatic carbocycles. The Morgan fingerprint density at radius 2 is 1.74 bits per heavy atom. The normalized spacial score (nSPS) is 12.0. The summed E-state index contributed by atoms with van der Waals surface area (Å²) < 4.78 is 1.83. The minimum Gasteiger partial charge on any atom is -0.342 e. The van der Waals surface area contributed by atoms with Gasteiger partial charge >= 0.3 is 0 Å². The number of benzene rings is 2. The Morgan fingerprint density at radius 3 is 2.38 bits per heavy atom. The lowest BCUT2D eigenvalue weighted by atomic mass is 10.0. The summed E-state index contributed by atoms with van der Waals surface area (Å²) in [6.45, 7) is 8.10. The number of hydrogen-bond acceptors (Lipinski definition) is 5. The van der Waals surface area contributed by atoms with Gasteiger partial charge < -0.3 is 15.2 Å². The molecule has 1 aromatic heterocycles. The van der Waals surface area contributed by atoms with Crippen LogP contribution in [-0.4, -0.2) is 32.3 Å². The van der Waals surface area contributed by atoms with Gasteiger partial charge in [-0.25, -0.2) is 0 Å². The second kappa shape index (κ2) is 11.5. The van der Waals surface area contributed by atoms with Crippen molar-refractivity contribution in [1.82, 2.24) is 20.1 Å². The standard InChI is InChI=1S/C25H30ClN5O2S/c1-15(2)13-20(27-24(33)18-11-6-7-12-19(18)26)23-29-30-25(31(23)5)34-14-21(32)28-22-16(3)9-8-10-17(22)4/h6-12,15,20H,13-14H2,1-5H3,(H,27,33)(H,28,32)/t20-/m0/s1. The first-order valence-corrected chi connectivity index (χ1v) is 12.5. The Labute approximate surface area is 209 Å². The molecule has 0 radical (unpaired) electrons. The van der Waals surface area contributed by atoms with E-state index in [1.54, 1.807) is 24.3 Å². The summed E-state index contributed by atoms with van der Waals surface area (Å²) in [7, 11) is 1.84. The first-order chi connectivity index (χ1) is 16.2. The van der Waals surface area contributed by atoms with E-state index in [2.05, 4.69) is 34.7 Å². The van der Waals surface area contributed by atoms with Crippen molar-refractivity contribution in [3.63, 3.8) is 0 Å².